The van der Waals surface area contributed by atoms with Gasteiger partial charge in [0.2, 0.25) is 0 Å². The first-order chi connectivity index (χ1) is 12.3. The molecule has 1 unspecified atom stereocenters. The molecule has 0 amide bonds. The summed E-state index contributed by atoms with van der Waals surface area (Å²) in [6, 6.07) is 0. The van der Waals surface area contributed by atoms with E-state index in [4.69, 9.17) is 9.73 Å². The first kappa shape index (κ1) is 20.5. The molecule has 1 saturated carbocycles. The SMILES string of the molecule is CCCN1CCC(CN=C(NCC)NCCOC2CCCCCC2)C1. The van der Waals surface area contributed by atoms with Crippen molar-refractivity contribution in [2.24, 2.45) is 10.9 Å². The Bertz CT molecular complexity index is 367. The van der Waals surface area contributed by atoms with E-state index < -0.39 is 0 Å². The molecule has 1 aliphatic carbocycles. The smallest absolute Gasteiger partial charge is 0.191 e. The molecule has 0 aromatic rings. The van der Waals surface area contributed by atoms with E-state index in [-0.39, 0.29) is 0 Å². The molecule has 1 atom stereocenters. The van der Waals surface area contributed by atoms with Crippen molar-refractivity contribution < 1.29 is 4.74 Å². The molecule has 0 bridgehead atoms. The van der Waals surface area contributed by atoms with Crippen molar-refractivity contribution in [3.05, 3.63) is 0 Å². The van der Waals surface area contributed by atoms with Crippen LogP contribution >= 0.6 is 0 Å². The van der Waals surface area contributed by atoms with Crippen molar-refractivity contribution in [1.82, 2.24) is 15.5 Å². The van der Waals surface area contributed by atoms with Crippen LogP contribution in [0.25, 0.3) is 0 Å². The lowest BCUT2D eigenvalue weighted by Crippen LogP contribution is -2.39. The van der Waals surface area contributed by atoms with Crippen molar-refractivity contribution in [2.45, 2.75) is 71.3 Å². The van der Waals surface area contributed by atoms with Gasteiger partial charge < -0.3 is 20.3 Å². The van der Waals surface area contributed by atoms with E-state index in [1.165, 1.54) is 71.0 Å². The number of aliphatic imine (C=N–C) groups is 1. The van der Waals surface area contributed by atoms with Gasteiger partial charge in [-0.05, 0) is 51.6 Å². The zero-order chi connectivity index (χ0) is 17.7. The third kappa shape index (κ3) is 8.41. The van der Waals surface area contributed by atoms with Crippen LogP contribution in [0.4, 0.5) is 0 Å². The van der Waals surface area contributed by atoms with Gasteiger partial charge in [0.15, 0.2) is 5.96 Å². The maximum absolute atomic E-state index is 6.06. The van der Waals surface area contributed by atoms with Crippen LogP contribution in [-0.4, -0.2) is 62.8 Å². The van der Waals surface area contributed by atoms with E-state index in [9.17, 15) is 0 Å². The molecule has 5 heteroatoms. The summed E-state index contributed by atoms with van der Waals surface area (Å²) in [5.41, 5.74) is 0. The number of nitrogens with zero attached hydrogens (tertiary/aromatic N) is 2. The Labute approximate surface area is 155 Å². The number of nitrogens with one attached hydrogen (secondary N) is 2. The fourth-order valence-electron chi connectivity index (χ4n) is 3.95. The molecule has 1 heterocycles. The zero-order valence-electron chi connectivity index (χ0n) is 16.6. The lowest BCUT2D eigenvalue weighted by atomic mass is 10.1. The molecule has 5 nitrogen and oxygen atoms in total. The number of hydrogen-bond donors (Lipinski definition) is 2. The van der Waals surface area contributed by atoms with Crippen molar-refractivity contribution in [3.8, 4) is 0 Å². The van der Waals surface area contributed by atoms with Gasteiger partial charge in [0, 0.05) is 26.2 Å². The minimum absolute atomic E-state index is 0.479. The molecule has 2 aliphatic rings. The van der Waals surface area contributed by atoms with E-state index in [1.54, 1.807) is 0 Å². The van der Waals surface area contributed by atoms with E-state index in [0.717, 1.165) is 32.2 Å². The lowest BCUT2D eigenvalue weighted by molar-refractivity contribution is 0.0468. The Morgan fingerprint density at radius 1 is 1.08 bits per heavy atom. The van der Waals surface area contributed by atoms with Gasteiger partial charge >= 0.3 is 0 Å². The highest BCUT2D eigenvalue weighted by Gasteiger charge is 2.21. The third-order valence-corrected chi connectivity index (χ3v) is 5.31. The van der Waals surface area contributed by atoms with Crippen LogP contribution in [0.15, 0.2) is 4.99 Å². The Balaban J connectivity index is 1.63. The Morgan fingerprint density at radius 3 is 2.60 bits per heavy atom. The maximum atomic E-state index is 6.06. The largest absolute Gasteiger partial charge is 0.376 e. The Hall–Kier alpha value is -0.810. The van der Waals surface area contributed by atoms with Crippen LogP contribution in [-0.2, 0) is 4.74 Å². The summed E-state index contributed by atoms with van der Waals surface area (Å²) in [4.78, 5) is 7.37. The minimum atomic E-state index is 0.479. The third-order valence-electron chi connectivity index (χ3n) is 5.31. The quantitative estimate of drug-likeness (QED) is 0.290. The predicted molar refractivity (Wildman–Crippen MR) is 106 cm³/mol. The first-order valence-corrected chi connectivity index (χ1v) is 10.7. The number of ether oxygens (including phenoxy) is 1. The summed E-state index contributed by atoms with van der Waals surface area (Å²) >= 11 is 0. The van der Waals surface area contributed by atoms with Gasteiger partial charge in [-0.2, -0.15) is 0 Å². The highest BCUT2D eigenvalue weighted by atomic mass is 16.5. The average molecular weight is 353 g/mol. The topological polar surface area (TPSA) is 48.9 Å². The van der Waals surface area contributed by atoms with Gasteiger partial charge in [-0.3, -0.25) is 4.99 Å². The zero-order valence-corrected chi connectivity index (χ0v) is 16.6. The average Bonchev–Trinajstić information content (AvgIpc) is 2.90. The van der Waals surface area contributed by atoms with E-state index in [1.807, 2.05) is 0 Å². The van der Waals surface area contributed by atoms with E-state index >= 15 is 0 Å². The molecule has 25 heavy (non-hydrogen) atoms. The van der Waals surface area contributed by atoms with Crippen LogP contribution in [0, 0.1) is 5.92 Å². The number of rotatable bonds is 9. The van der Waals surface area contributed by atoms with Crippen molar-refractivity contribution in [3.63, 3.8) is 0 Å². The van der Waals surface area contributed by atoms with Gasteiger partial charge in [0.05, 0.1) is 12.7 Å². The van der Waals surface area contributed by atoms with Gasteiger partial charge in [0.25, 0.3) is 0 Å². The summed E-state index contributed by atoms with van der Waals surface area (Å²) in [6.45, 7) is 11.5. The summed E-state index contributed by atoms with van der Waals surface area (Å²) in [5, 5.41) is 6.80. The fraction of sp³-hybridized carbons (Fsp3) is 0.950. The molecular weight excluding hydrogens is 312 g/mol. The summed E-state index contributed by atoms with van der Waals surface area (Å²) in [7, 11) is 0. The normalized spacial score (nSPS) is 23.6. The van der Waals surface area contributed by atoms with E-state index in [2.05, 4.69) is 29.4 Å². The molecule has 0 spiro atoms. The molecule has 0 radical (unpaired) electrons. The summed E-state index contributed by atoms with van der Waals surface area (Å²) in [6.07, 6.45) is 10.9. The maximum Gasteiger partial charge on any atom is 0.191 e. The monoisotopic (exact) mass is 352 g/mol. The fourth-order valence-corrected chi connectivity index (χ4v) is 3.95. The second-order valence-corrected chi connectivity index (χ2v) is 7.59. The van der Waals surface area contributed by atoms with Crippen molar-refractivity contribution >= 4 is 5.96 Å². The highest BCUT2D eigenvalue weighted by Crippen LogP contribution is 2.19. The van der Waals surface area contributed by atoms with Crippen LogP contribution in [0.3, 0.4) is 0 Å². The lowest BCUT2D eigenvalue weighted by Gasteiger charge is -2.17. The van der Waals surface area contributed by atoms with Crippen LogP contribution in [0.2, 0.25) is 0 Å². The van der Waals surface area contributed by atoms with Gasteiger partial charge in [-0.25, -0.2) is 0 Å². The van der Waals surface area contributed by atoms with Crippen LogP contribution < -0.4 is 10.6 Å². The Morgan fingerprint density at radius 2 is 1.88 bits per heavy atom. The number of hydrogen-bond acceptors (Lipinski definition) is 3. The van der Waals surface area contributed by atoms with Gasteiger partial charge in [-0.1, -0.05) is 32.6 Å². The first-order valence-electron chi connectivity index (χ1n) is 10.7. The molecule has 0 aromatic heterocycles. The van der Waals surface area contributed by atoms with Crippen molar-refractivity contribution in [1.29, 1.82) is 0 Å². The van der Waals surface area contributed by atoms with Gasteiger partial charge in [0.1, 0.15) is 0 Å². The highest BCUT2D eigenvalue weighted by molar-refractivity contribution is 5.79. The van der Waals surface area contributed by atoms with E-state index in [0.29, 0.717) is 12.0 Å². The molecule has 2 rings (SSSR count). The molecule has 1 saturated heterocycles. The molecule has 2 fully saturated rings. The number of guanidine groups is 1. The summed E-state index contributed by atoms with van der Waals surface area (Å²) in [5.74, 6) is 1.66. The second-order valence-electron chi connectivity index (χ2n) is 7.59. The standard InChI is InChI=1S/C20H40N4O/c1-3-13-24-14-11-18(17-24)16-23-20(21-4-2)22-12-15-25-19-9-7-5-6-8-10-19/h18-19H,3-17H2,1-2H3,(H2,21,22,23). The molecular formula is C20H40N4O. The Kier molecular flexibility index (Phi) is 10.3. The number of likely N-dealkylation sites (tertiary alicyclic amines) is 1. The predicted octanol–water partition coefficient (Wildman–Crippen LogP) is 3.01. The second kappa shape index (κ2) is 12.5. The van der Waals surface area contributed by atoms with Gasteiger partial charge in [-0.15, -0.1) is 0 Å². The van der Waals surface area contributed by atoms with Crippen LogP contribution in [0.5, 0.6) is 0 Å². The molecule has 0 aromatic carbocycles. The molecule has 1 aliphatic heterocycles. The summed E-state index contributed by atoms with van der Waals surface area (Å²) < 4.78 is 6.06. The minimum Gasteiger partial charge on any atom is -0.376 e. The molecule has 146 valence electrons. The van der Waals surface area contributed by atoms with Crippen molar-refractivity contribution in [2.75, 3.05) is 45.9 Å². The molecule has 2 N–H and O–H groups in total. The van der Waals surface area contributed by atoms with Crippen LogP contribution in [0.1, 0.15) is 65.2 Å².